The van der Waals surface area contributed by atoms with Crippen LogP contribution < -0.4 is 0 Å². The summed E-state index contributed by atoms with van der Waals surface area (Å²) in [5.74, 6) is -1.31. The lowest BCUT2D eigenvalue weighted by Gasteiger charge is -2.10. The summed E-state index contributed by atoms with van der Waals surface area (Å²) < 4.78 is 29.3. The molecule has 0 radical (unpaired) electrons. The van der Waals surface area contributed by atoms with E-state index in [9.17, 15) is 29.3 Å². The third-order valence-electron chi connectivity index (χ3n) is 19.2. The zero-order chi connectivity index (χ0) is 79.0. The van der Waals surface area contributed by atoms with E-state index in [1.54, 1.807) is 87.2 Å². The topological polar surface area (TPSA) is 233 Å². The number of halogens is 6. The fraction of sp³-hybridized carbons (Fsp3) is 0.184. The third-order valence-corrected chi connectivity index (χ3v) is 21.1. The van der Waals surface area contributed by atoms with E-state index >= 15 is 0 Å². The summed E-state index contributed by atoms with van der Waals surface area (Å²) in [6.07, 6.45) is 12.3. The van der Waals surface area contributed by atoms with Gasteiger partial charge in [-0.05, 0) is 146 Å². The average Bonchev–Trinajstić information content (AvgIpc) is 1.62. The van der Waals surface area contributed by atoms with Gasteiger partial charge in [0.2, 0.25) is 0 Å². The Bertz CT molecular complexity index is 6350. The molecule has 26 heteroatoms. The number of unbranched alkanes of at least 4 members (excludes halogenated alkanes) is 1. The standard InChI is InChI=1S/C23H18Cl2N2O2.C23H20Cl2N2O2.C21H17N3O4.C20H15Cl2N3O2/c24-16-7-8-20(25)15(9-16)12-27-21-4-2-1-3-18(21)19-10-17(26-11-22(19)27)13-29-23(28)14-5-6-14;1-2-3-10-29-23(28)20-12-18-17-6-4-5-7-21(17)27(22(18)13-26-20)14-15-11-16(24)8-9-19(15)25;1-2-28-21(25)18-11-17-16-8-3-4-9-19(16)23(20(17)12-22-18)13-14-6-5-7-15(10-14)24(26)27;1-2-27-20(26)16-8-14-13-5-3-4-6-17(13)25(18(14)10-23-16)11-12-7-15(21)19(22)24-9-12/h1-4,7-11,14H,5-6,12-13H2;4-9,11-13H,2-3,10,14H2,1H3;3-12H,2,13H2,1H3;3-10H,2,11H2,1H3. The predicted octanol–water partition coefficient (Wildman–Crippen LogP) is 21.9. The highest BCUT2D eigenvalue weighted by Crippen LogP contribution is 2.38. The van der Waals surface area contributed by atoms with Crippen LogP contribution in [0.2, 0.25) is 30.3 Å². The van der Waals surface area contributed by atoms with Crippen molar-refractivity contribution < 1.29 is 43.0 Å². The molecule has 7 aromatic carbocycles. The molecule has 1 aliphatic rings. The molecule has 0 amide bonds. The third kappa shape index (κ3) is 17.4. The number of rotatable bonds is 20. The first-order chi connectivity index (χ1) is 54.8. The minimum absolute atomic E-state index is 0.0565. The summed E-state index contributed by atoms with van der Waals surface area (Å²) in [4.78, 5) is 80.6. The Balaban J connectivity index is 0.000000125. The largest absolute Gasteiger partial charge is 0.461 e. The molecule has 1 fully saturated rings. The van der Waals surface area contributed by atoms with Crippen molar-refractivity contribution in [3.8, 4) is 0 Å². The average molecular weight is 1630 g/mol. The van der Waals surface area contributed by atoms with Crippen molar-refractivity contribution in [1.82, 2.24) is 43.2 Å². The Morgan fingerprint density at radius 1 is 0.416 bits per heavy atom. The van der Waals surface area contributed by atoms with E-state index in [4.69, 9.17) is 88.6 Å². The van der Waals surface area contributed by atoms with Crippen LogP contribution in [0.5, 0.6) is 0 Å². The molecule has 113 heavy (non-hydrogen) atoms. The highest BCUT2D eigenvalue weighted by molar-refractivity contribution is 6.41. The number of aromatic nitrogens is 9. The predicted molar refractivity (Wildman–Crippen MR) is 445 cm³/mol. The van der Waals surface area contributed by atoms with Gasteiger partial charge >= 0.3 is 23.9 Å². The maximum absolute atomic E-state index is 12.4. The van der Waals surface area contributed by atoms with E-state index in [0.717, 1.165) is 141 Å². The number of nitro benzene ring substituents is 1. The molecule has 0 spiro atoms. The van der Waals surface area contributed by atoms with Gasteiger partial charge in [0.05, 0.1) is 88.2 Å². The number of hydrogen-bond donors (Lipinski definition) is 0. The molecular weight excluding hydrogens is 1560 g/mol. The molecule has 0 atom stereocenters. The van der Waals surface area contributed by atoms with Crippen LogP contribution >= 0.6 is 69.6 Å². The monoisotopic (exact) mass is 1620 g/mol. The molecule has 20 nitrogen and oxygen atoms in total. The zero-order valence-corrected chi connectivity index (χ0v) is 65.7. The summed E-state index contributed by atoms with van der Waals surface area (Å²) in [6.45, 7) is 8.91. The van der Waals surface area contributed by atoms with Gasteiger partial charge in [0.1, 0.15) is 28.8 Å². The number of para-hydroxylation sites is 4. The number of benzene rings is 7. The van der Waals surface area contributed by atoms with Crippen molar-refractivity contribution in [3.63, 3.8) is 0 Å². The lowest BCUT2D eigenvalue weighted by atomic mass is 10.1. The Morgan fingerprint density at radius 3 is 1.27 bits per heavy atom. The van der Waals surface area contributed by atoms with Crippen LogP contribution in [0.1, 0.15) is 106 Å². The fourth-order valence-corrected chi connectivity index (χ4v) is 14.7. The molecule has 0 aliphatic heterocycles. The van der Waals surface area contributed by atoms with E-state index in [-0.39, 0.29) is 41.6 Å². The Morgan fingerprint density at radius 2 is 0.841 bits per heavy atom. The summed E-state index contributed by atoms with van der Waals surface area (Å²) in [7, 11) is 0. The molecule has 9 heterocycles. The van der Waals surface area contributed by atoms with Crippen LogP contribution in [0.3, 0.4) is 0 Å². The molecule has 570 valence electrons. The molecule has 17 rings (SSSR count). The quantitative estimate of drug-likeness (QED) is 0.0172. The van der Waals surface area contributed by atoms with Gasteiger partial charge in [-0.25, -0.2) is 34.3 Å². The first-order valence-corrected chi connectivity index (χ1v) is 38.7. The van der Waals surface area contributed by atoms with Crippen molar-refractivity contribution >= 4 is 186 Å². The van der Waals surface area contributed by atoms with Gasteiger partial charge in [-0.15, -0.1) is 0 Å². The molecule has 16 aromatic rings. The number of nitro groups is 1. The van der Waals surface area contributed by atoms with Crippen LogP contribution in [-0.2, 0) is 56.5 Å². The van der Waals surface area contributed by atoms with E-state index in [1.165, 1.54) is 6.07 Å². The smallest absolute Gasteiger partial charge is 0.356 e. The second-order valence-corrected chi connectivity index (χ2v) is 29.1. The van der Waals surface area contributed by atoms with Crippen molar-refractivity contribution in [2.24, 2.45) is 5.92 Å². The maximum Gasteiger partial charge on any atom is 0.356 e. The SMILES string of the molecule is CCCCOC(=O)c1cc2c3ccccc3n(Cc3cc(Cl)ccc3Cl)c2cn1.CCOC(=O)c1cc2c3ccccc3n(Cc3cccc([N+](=O)[O-])c3)c2cn1.CCOC(=O)c1cc2c3ccccc3n(Cc3cnc(Cl)c(Cl)c3)c2cn1.O=C(OCc1cc2c3ccccc3n(Cc3cc(Cl)ccc3Cl)c2cn1)C1CC1. The van der Waals surface area contributed by atoms with Crippen LogP contribution in [0, 0.1) is 16.0 Å². The molecule has 0 unspecified atom stereocenters. The van der Waals surface area contributed by atoms with Gasteiger partial charge in [0, 0.05) is 130 Å². The summed E-state index contributed by atoms with van der Waals surface area (Å²) in [6, 6.07) is 58.8. The lowest BCUT2D eigenvalue weighted by molar-refractivity contribution is -0.384. The molecule has 0 bridgehead atoms. The zero-order valence-electron chi connectivity index (χ0n) is 61.2. The van der Waals surface area contributed by atoms with E-state index in [0.29, 0.717) is 75.9 Å². The second-order valence-electron chi connectivity index (χ2n) is 26.7. The molecule has 9 aromatic heterocycles. The van der Waals surface area contributed by atoms with Crippen LogP contribution in [-0.4, -0.2) is 91.8 Å². The van der Waals surface area contributed by atoms with Crippen LogP contribution in [0.25, 0.3) is 87.2 Å². The summed E-state index contributed by atoms with van der Waals surface area (Å²) in [5, 5.41) is 22.5. The van der Waals surface area contributed by atoms with Gasteiger partial charge in [-0.2, -0.15) is 0 Å². The molecule has 1 aliphatic carbocycles. The molecular formula is C87H70Cl6N10O10. The minimum atomic E-state index is -0.458. The fourth-order valence-electron chi connectivity index (χ4n) is 13.6. The number of carbonyl (C=O) groups is 4. The minimum Gasteiger partial charge on any atom is -0.461 e. The lowest BCUT2D eigenvalue weighted by Crippen LogP contribution is -2.08. The van der Waals surface area contributed by atoms with E-state index < -0.39 is 22.8 Å². The second kappa shape index (κ2) is 35.1. The van der Waals surface area contributed by atoms with E-state index in [1.807, 2.05) is 132 Å². The van der Waals surface area contributed by atoms with Gasteiger partial charge in [0.15, 0.2) is 0 Å². The highest BCUT2D eigenvalue weighted by atomic mass is 35.5. The van der Waals surface area contributed by atoms with Gasteiger partial charge in [-0.3, -0.25) is 19.9 Å². The van der Waals surface area contributed by atoms with Crippen LogP contribution in [0.4, 0.5) is 5.69 Å². The van der Waals surface area contributed by atoms with Crippen molar-refractivity contribution in [3.05, 3.63) is 304 Å². The molecule has 0 saturated heterocycles. The highest BCUT2D eigenvalue weighted by Gasteiger charge is 2.31. The van der Waals surface area contributed by atoms with Gasteiger partial charge in [0.25, 0.3) is 5.69 Å². The molecule has 1 saturated carbocycles. The Kier molecular flexibility index (Phi) is 24.3. The number of nitrogens with zero attached hydrogens (tertiary/aromatic N) is 10. The van der Waals surface area contributed by atoms with Crippen molar-refractivity contribution in [2.75, 3.05) is 19.8 Å². The number of esters is 4. The summed E-state index contributed by atoms with van der Waals surface area (Å²) >= 11 is 37.2. The Labute approximate surface area is 677 Å². The molecule has 0 N–H and O–H groups in total. The van der Waals surface area contributed by atoms with E-state index in [2.05, 4.69) is 57.7 Å². The van der Waals surface area contributed by atoms with Crippen LogP contribution in [0.15, 0.2) is 219 Å². The van der Waals surface area contributed by atoms with Gasteiger partial charge < -0.3 is 37.2 Å². The maximum atomic E-state index is 12.4. The number of non-ortho nitro benzene ring substituents is 1. The number of ether oxygens (including phenoxy) is 4. The Hall–Kier alpha value is -11.5. The first-order valence-electron chi connectivity index (χ1n) is 36.4. The normalized spacial score (nSPS) is 11.9. The first kappa shape index (κ1) is 78.2. The number of hydrogen-bond acceptors (Lipinski definition) is 15. The number of fused-ring (bicyclic) bond motifs is 12. The number of pyridine rings is 5. The number of carbonyl (C=O) groups excluding carboxylic acids is 4. The van der Waals surface area contributed by atoms with Crippen molar-refractivity contribution in [1.29, 1.82) is 0 Å². The van der Waals surface area contributed by atoms with Gasteiger partial charge in [-0.1, -0.05) is 168 Å². The summed E-state index contributed by atoms with van der Waals surface area (Å²) in [5.41, 5.74) is 13.1. The van der Waals surface area contributed by atoms with Crippen molar-refractivity contribution in [2.45, 2.75) is 79.2 Å².